The van der Waals surface area contributed by atoms with Gasteiger partial charge in [0.1, 0.15) is 6.04 Å². The number of nitrogens with zero attached hydrogens (tertiary/aromatic N) is 3. The van der Waals surface area contributed by atoms with Crippen LogP contribution in [0.2, 0.25) is 0 Å². The number of halogens is 2. The summed E-state index contributed by atoms with van der Waals surface area (Å²) < 4.78 is 32.5. The topological polar surface area (TPSA) is 84.3 Å². The Morgan fingerprint density at radius 2 is 1.76 bits per heavy atom. The Bertz CT molecular complexity index is 1430. The number of fused-ring (bicyclic) bond motifs is 1. The third-order valence-electron chi connectivity index (χ3n) is 7.86. The van der Waals surface area contributed by atoms with Crippen molar-refractivity contribution in [1.29, 1.82) is 0 Å². The first-order valence-electron chi connectivity index (χ1n) is 12.5. The summed E-state index contributed by atoms with van der Waals surface area (Å²) in [6.45, 7) is 0.201. The highest BCUT2D eigenvalue weighted by Crippen LogP contribution is 2.48. The zero-order valence-corrected chi connectivity index (χ0v) is 20.3. The third kappa shape index (κ3) is 3.75. The number of nitrogens with one attached hydrogen (secondary N) is 1. The quantitative estimate of drug-likeness (QED) is 0.522. The molecule has 3 amide bonds. The number of hydrogen-bond donors (Lipinski definition) is 1. The van der Waals surface area contributed by atoms with Crippen molar-refractivity contribution in [3.8, 4) is 22.5 Å². The van der Waals surface area contributed by atoms with Crippen LogP contribution < -0.4 is 5.32 Å². The molecule has 190 valence electrons. The number of carbonyl (C=O) groups is 3. The molecule has 2 aliphatic heterocycles. The van der Waals surface area contributed by atoms with E-state index in [1.165, 1.54) is 9.47 Å². The summed E-state index contributed by atoms with van der Waals surface area (Å²) in [7, 11) is 1.63. The van der Waals surface area contributed by atoms with Crippen LogP contribution in [0.5, 0.6) is 0 Å². The van der Waals surface area contributed by atoms with Crippen LogP contribution in [0, 0.1) is 5.92 Å². The number of benzene rings is 2. The fourth-order valence-electron chi connectivity index (χ4n) is 5.60. The average Bonchev–Trinajstić information content (AvgIpc) is 3.35. The van der Waals surface area contributed by atoms with E-state index in [0.29, 0.717) is 40.9 Å². The first kappa shape index (κ1) is 23.5. The second kappa shape index (κ2) is 8.61. The number of piperidine rings is 1. The predicted molar refractivity (Wildman–Crippen MR) is 131 cm³/mol. The van der Waals surface area contributed by atoms with Gasteiger partial charge in [-0.2, -0.15) is 8.78 Å². The molecule has 1 saturated heterocycles. The molecular formula is C28H26F2N4O3. The van der Waals surface area contributed by atoms with Gasteiger partial charge in [-0.15, -0.1) is 0 Å². The second-order valence-corrected chi connectivity index (χ2v) is 10.1. The van der Waals surface area contributed by atoms with Gasteiger partial charge < -0.3 is 9.47 Å². The van der Waals surface area contributed by atoms with Gasteiger partial charge >= 0.3 is 5.92 Å². The molecule has 2 aromatic carbocycles. The van der Waals surface area contributed by atoms with E-state index in [-0.39, 0.29) is 37.0 Å². The van der Waals surface area contributed by atoms with Crippen molar-refractivity contribution in [2.45, 2.75) is 50.6 Å². The molecule has 3 aromatic rings. The van der Waals surface area contributed by atoms with Crippen molar-refractivity contribution in [3.63, 3.8) is 0 Å². The highest BCUT2D eigenvalue weighted by Gasteiger charge is 2.48. The maximum Gasteiger partial charge on any atom is 0.307 e. The van der Waals surface area contributed by atoms with Gasteiger partial charge in [-0.1, -0.05) is 42.8 Å². The van der Waals surface area contributed by atoms with Gasteiger partial charge in [0.25, 0.3) is 5.91 Å². The summed E-state index contributed by atoms with van der Waals surface area (Å²) in [5, 5.41) is 2.30. The van der Waals surface area contributed by atoms with E-state index in [2.05, 4.69) is 10.3 Å². The fourth-order valence-corrected chi connectivity index (χ4v) is 5.60. The number of alkyl halides is 2. The zero-order chi connectivity index (χ0) is 25.9. The first-order chi connectivity index (χ1) is 17.8. The molecule has 37 heavy (non-hydrogen) atoms. The van der Waals surface area contributed by atoms with Gasteiger partial charge in [0.2, 0.25) is 11.8 Å². The van der Waals surface area contributed by atoms with Crippen LogP contribution in [0.1, 0.15) is 53.8 Å². The predicted octanol–water partition coefficient (Wildman–Crippen LogP) is 4.41. The van der Waals surface area contributed by atoms with Crippen LogP contribution in [0.25, 0.3) is 22.5 Å². The maximum atomic E-state index is 15.5. The second-order valence-electron chi connectivity index (χ2n) is 10.1. The Morgan fingerprint density at radius 1 is 1.00 bits per heavy atom. The van der Waals surface area contributed by atoms with E-state index >= 15 is 8.78 Å². The minimum atomic E-state index is -3.05. The molecule has 1 saturated carbocycles. The summed E-state index contributed by atoms with van der Waals surface area (Å²) in [6, 6.07) is 13.8. The average molecular weight is 505 g/mol. The minimum Gasteiger partial charge on any atom is -0.326 e. The molecule has 0 radical (unpaired) electrons. The van der Waals surface area contributed by atoms with Crippen LogP contribution in [0.4, 0.5) is 8.78 Å². The lowest BCUT2D eigenvalue weighted by Gasteiger charge is -2.32. The monoisotopic (exact) mass is 504 g/mol. The summed E-state index contributed by atoms with van der Waals surface area (Å²) in [6.07, 6.45) is 2.20. The number of carbonyl (C=O) groups excluding carboxylic acids is 3. The van der Waals surface area contributed by atoms with Crippen LogP contribution in [0.15, 0.2) is 48.5 Å². The molecule has 9 heteroatoms. The lowest BCUT2D eigenvalue weighted by atomic mass is 9.80. The van der Waals surface area contributed by atoms with Crippen LogP contribution >= 0.6 is 0 Å². The van der Waals surface area contributed by atoms with Crippen molar-refractivity contribution in [3.05, 3.63) is 65.5 Å². The third-order valence-corrected chi connectivity index (χ3v) is 7.86. The Kier molecular flexibility index (Phi) is 5.47. The summed E-state index contributed by atoms with van der Waals surface area (Å²) in [5.41, 5.74) is 3.57. The van der Waals surface area contributed by atoms with Crippen molar-refractivity contribution in [2.24, 2.45) is 13.0 Å². The Morgan fingerprint density at radius 3 is 2.43 bits per heavy atom. The standard InChI is InChI=1S/C28H26F2N4O3/c1-33-24(16-6-3-2-4-7-16)23(32-27(33)28(29,30)19-8-5-9-19)17-10-11-20-18(14-17)15-34(26(20)37)21-12-13-22(35)31-25(21)36/h2-4,6-7,10-11,14,19,21H,5,8-9,12-13,15H2,1H3,(H,31,35,36). The van der Waals surface area contributed by atoms with Crippen molar-refractivity contribution in [2.75, 3.05) is 0 Å². The SMILES string of the molecule is Cn1c(C(F)(F)C2CCC2)nc(-c2ccc3c(c2)CN(C2CCC(=O)NC2=O)C3=O)c1-c1ccccc1. The number of hydrogen-bond acceptors (Lipinski definition) is 4. The highest BCUT2D eigenvalue weighted by atomic mass is 19.3. The molecule has 0 bridgehead atoms. The van der Waals surface area contributed by atoms with Crippen molar-refractivity contribution >= 4 is 17.7 Å². The van der Waals surface area contributed by atoms with Gasteiger partial charge in [0.05, 0.1) is 11.4 Å². The van der Waals surface area contributed by atoms with Gasteiger partial charge in [0, 0.05) is 42.6 Å². The Hall–Kier alpha value is -3.88. The van der Waals surface area contributed by atoms with Crippen LogP contribution in [-0.2, 0) is 29.1 Å². The summed E-state index contributed by atoms with van der Waals surface area (Å²) >= 11 is 0. The Labute approximate surface area is 212 Å². The molecule has 3 aliphatic rings. The smallest absolute Gasteiger partial charge is 0.307 e. The van der Waals surface area contributed by atoms with Gasteiger partial charge in [-0.3, -0.25) is 19.7 Å². The lowest BCUT2D eigenvalue weighted by molar-refractivity contribution is -0.136. The molecule has 1 unspecified atom stereocenters. The lowest BCUT2D eigenvalue weighted by Crippen LogP contribution is -2.52. The molecule has 2 fully saturated rings. The normalized spacial score (nSPS) is 20.1. The van der Waals surface area contributed by atoms with E-state index in [1.54, 1.807) is 25.2 Å². The van der Waals surface area contributed by atoms with E-state index < -0.39 is 23.8 Å². The van der Waals surface area contributed by atoms with Gasteiger partial charge in [0.15, 0.2) is 5.82 Å². The maximum absolute atomic E-state index is 15.5. The van der Waals surface area contributed by atoms with E-state index in [4.69, 9.17) is 0 Å². The fraction of sp³-hybridized carbons (Fsp3) is 0.357. The zero-order valence-electron chi connectivity index (χ0n) is 20.3. The van der Waals surface area contributed by atoms with Crippen molar-refractivity contribution < 1.29 is 23.2 Å². The summed E-state index contributed by atoms with van der Waals surface area (Å²) in [5.74, 6) is -5.12. The van der Waals surface area contributed by atoms with E-state index in [1.807, 2.05) is 30.3 Å². The van der Waals surface area contributed by atoms with Gasteiger partial charge in [-0.05, 0) is 37.0 Å². The molecule has 3 heterocycles. The molecular weight excluding hydrogens is 478 g/mol. The molecule has 1 atom stereocenters. The molecule has 1 aliphatic carbocycles. The van der Waals surface area contributed by atoms with E-state index in [0.717, 1.165) is 12.0 Å². The van der Waals surface area contributed by atoms with Crippen molar-refractivity contribution in [1.82, 2.24) is 19.8 Å². The Balaban J connectivity index is 1.41. The minimum absolute atomic E-state index is 0.175. The van der Waals surface area contributed by atoms with Gasteiger partial charge in [-0.25, -0.2) is 4.98 Å². The number of aromatic nitrogens is 2. The number of amides is 3. The van der Waals surface area contributed by atoms with Crippen LogP contribution in [-0.4, -0.2) is 38.2 Å². The molecule has 7 nitrogen and oxygen atoms in total. The van der Waals surface area contributed by atoms with E-state index in [9.17, 15) is 14.4 Å². The molecule has 0 spiro atoms. The van der Waals surface area contributed by atoms with Crippen LogP contribution in [0.3, 0.4) is 0 Å². The first-order valence-corrected chi connectivity index (χ1v) is 12.5. The number of rotatable bonds is 5. The summed E-state index contributed by atoms with van der Waals surface area (Å²) in [4.78, 5) is 43.0. The molecule has 6 rings (SSSR count). The number of imidazole rings is 1. The largest absolute Gasteiger partial charge is 0.326 e. The molecule has 1 aromatic heterocycles. The highest BCUT2D eigenvalue weighted by molar-refractivity contribution is 6.05. The number of imide groups is 1. The molecule has 1 N–H and O–H groups in total.